The second kappa shape index (κ2) is 9.60. The van der Waals surface area contributed by atoms with E-state index < -0.39 is 48.3 Å². The van der Waals surface area contributed by atoms with Crippen LogP contribution in [0.25, 0.3) is 0 Å². The first-order valence-electron chi connectivity index (χ1n) is 10.6. The number of carbonyl (C=O) groups excluding carboxylic acids is 1. The molecule has 33 heavy (non-hydrogen) atoms. The van der Waals surface area contributed by atoms with Gasteiger partial charge in [-0.05, 0) is 19.8 Å². The lowest BCUT2D eigenvalue weighted by atomic mass is 10.0. The number of hydrogen-bond donors (Lipinski definition) is 2. The van der Waals surface area contributed by atoms with Crippen LogP contribution in [0, 0.1) is 5.82 Å². The summed E-state index contributed by atoms with van der Waals surface area (Å²) in [5.41, 5.74) is -0.796. The summed E-state index contributed by atoms with van der Waals surface area (Å²) in [5, 5.41) is 5.71. The van der Waals surface area contributed by atoms with Crippen molar-refractivity contribution in [1.82, 2.24) is 15.3 Å². The number of nitrogens with one attached hydrogen (secondary N) is 2. The number of benzene rings is 1. The second-order valence-corrected chi connectivity index (χ2v) is 8.21. The van der Waals surface area contributed by atoms with E-state index >= 15 is 0 Å². The Morgan fingerprint density at radius 3 is 2.55 bits per heavy atom. The third kappa shape index (κ3) is 5.09. The van der Waals surface area contributed by atoms with Gasteiger partial charge in [-0.2, -0.15) is 0 Å². The van der Waals surface area contributed by atoms with Crippen molar-refractivity contribution in [3.05, 3.63) is 52.7 Å². The maximum absolute atomic E-state index is 14.6. The lowest BCUT2D eigenvalue weighted by molar-refractivity contribution is -0.121. The van der Waals surface area contributed by atoms with Gasteiger partial charge in [0.25, 0.3) is 6.43 Å². The van der Waals surface area contributed by atoms with Crippen LogP contribution in [0.4, 0.5) is 23.4 Å². The summed E-state index contributed by atoms with van der Waals surface area (Å²) in [4.78, 5) is 20.9. The lowest BCUT2D eigenvalue weighted by Gasteiger charge is -2.22. The molecule has 4 rings (SSSR count). The van der Waals surface area contributed by atoms with E-state index in [-0.39, 0.29) is 17.8 Å². The van der Waals surface area contributed by atoms with E-state index in [0.717, 1.165) is 6.07 Å². The molecule has 1 aromatic heterocycles. The topological polar surface area (TPSA) is 85.4 Å². The monoisotopic (exact) mass is 468 g/mol. The highest BCUT2D eigenvalue weighted by atomic mass is 19.3. The van der Waals surface area contributed by atoms with Crippen LogP contribution in [-0.2, 0) is 20.7 Å². The van der Waals surface area contributed by atoms with Crippen LogP contribution < -0.4 is 10.6 Å². The van der Waals surface area contributed by atoms with Crippen LogP contribution >= 0.6 is 0 Å². The number of nitrogens with zero attached hydrogens (tertiary/aromatic N) is 2. The van der Waals surface area contributed by atoms with Gasteiger partial charge >= 0.3 is 0 Å². The molecule has 1 saturated heterocycles. The molecule has 2 N–H and O–H groups in total. The Bertz CT molecular complexity index is 1010. The summed E-state index contributed by atoms with van der Waals surface area (Å²) in [5.74, 6) is -1.18. The Labute approximate surface area is 187 Å². The van der Waals surface area contributed by atoms with Crippen LogP contribution in [-0.4, -0.2) is 41.3 Å². The van der Waals surface area contributed by atoms with E-state index in [2.05, 4.69) is 20.6 Å². The van der Waals surface area contributed by atoms with Crippen LogP contribution in [0.1, 0.15) is 60.9 Å². The van der Waals surface area contributed by atoms with Gasteiger partial charge in [0.15, 0.2) is 6.29 Å². The molecule has 2 heterocycles. The predicted molar refractivity (Wildman–Crippen MR) is 110 cm³/mol. The van der Waals surface area contributed by atoms with E-state index in [1.807, 2.05) is 0 Å². The van der Waals surface area contributed by atoms with Crippen molar-refractivity contribution in [3.63, 3.8) is 0 Å². The first-order chi connectivity index (χ1) is 15.8. The molecule has 7 nitrogen and oxygen atoms in total. The Kier molecular flexibility index (Phi) is 6.80. The molecule has 2 aliphatic rings. The Morgan fingerprint density at radius 1 is 1.21 bits per heavy atom. The van der Waals surface area contributed by atoms with Gasteiger partial charge in [-0.25, -0.2) is 27.5 Å². The number of amides is 1. The summed E-state index contributed by atoms with van der Waals surface area (Å²) in [6.07, 6.45) is -1.60. The van der Waals surface area contributed by atoms with Gasteiger partial charge in [-0.1, -0.05) is 18.2 Å². The largest absolute Gasteiger partial charge is 0.363 e. The van der Waals surface area contributed by atoms with E-state index in [4.69, 9.17) is 9.47 Å². The van der Waals surface area contributed by atoms with Crippen molar-refractivity contribution in [2.24, 2.45) is 0 Å². The Balaban J connectivity index is 1.61. The van der Waals surface area contributed by atoms with E-state index in [0.29, 0.717) is 37.3 Å². The van der Waals surface area contributed by atoms with Crippen molar-refractivity contribution < 1.29 is 31.8 Å². The molecule has 178 valence electrons. The van der Waals surface area contributed by atoms with Crippen molar-refractivity contribution in [2.45, 2.75) is 50.5 Å². The zero-order valence-electron chi connectivity index (χ0n) is 17.9. The number of aromatic nitrogens is 2. The molecule has 1 aliphatic carbocycles. The fraction of sp³-hybridized carbons (Fsp3) is 0.500. The molecular formula is C22H24F4N4O3. The molecule has 1 aliphatic heterocycles. The first kappa shape index (κ1) is 23.4. The molecule has 1 atom stereocenters. The summed E-state index contributed by atoms with van der Waals surface area (Å²) in [6, 6.07) is 3.05. The first-order valence-corrected chi connectivity index (χ1v) is 10.6. The highest BCUT2D eigenvalue weighted by Crippen LogP contribution is 2.37. The van der Waals surface area contributed by atoms with E-state index in [9.17, 15) is 22.4 Å². The summed E-state index contributed by atoms with van der Waals surface area (Å²) in [6.45, 7) is 1.59. The quantitative estimate of drug-likeness (QED) is 0.543. The fourth-order valence-electron chi connectivity index (χ4n) is 3.75. The SMILES string of the molecule is C[C@@H](Nc1ncnc(CC(=O)NC2(CF)CC2)c1C1OCCO1)c1cccc(C(F)F)c1F. The van der Waals surface area contributed by atoms with Gasteiger partial charge in [-0.3, -0.25) is 4.79 Å². The number of hydrogen-bond acceptors (Lipinski definition) is 6. The smallest absolute Gasteiger partial charge is 0.266 e. The molecule has 1 amide bonds. The van der Waals surface area contributed by atoms with Gasteiger partial charge in [-0.15, -0.1) is 0 Å². The Morgan fingerprint density at radius 2 is 1.91 bits per heavy atom. The van der Waals surface area contributed by atoms with Gasteiger partial charge in [0.1, 0.15) is 24.6 Å². The molecule has 2 aromatic rings. The number of anilines is 1. The number of carbonyl (C=O) groups is 1. The van der Waals surface area contributed by atoms with Gasteiger partial charge in [0.2, 0.25) is 5.91 Å². The normalized spacial score (nSPS) is 18.4. The fourth-order valence-corrected chi connectivity index (χ4v) is 3.75. The third-order valence-corrected chi connectivity index (χ3v) is 5.78. The van der Waals surface area contributed by atoms with Gasteiger partial charge < -0.3 is 20.1 Å². The highest BCUT2D eigenvalue weighted by Gasteiger charge is 2.44. The lowest BCUT2D eigenvalue weighted by Crippen LogP contribution is -2.39. The van der Waals surface area contributed by atoms with Gasteiger partial charge in [0, 0.05) is 5.56 Å². The maximum atomic E-state index is 14.6. The highest BCUT2D eigenvalue weighted by molar-refractivity contribution is 5.80. The minimum Gasteiger partial charge on any atom is -0.363 e. The van der Waals surface area contributed by atoms with Crippen LogP contribution in [0.3, 0.4) is 0 Å². The molecule has 0 radical (unpaired) electrons. The molecule has 0 spiro atoms. The van der Waals surface area contributed by atoms with Crippen LogP contribution in [0.15, 0.2) is 24.5 Å². The average Bonchev–Trinajstić information content (AvgIpc) is 3.34. The third-order valence-electron chi connectivity index (χ3n) is 5.78. The van der Waals surface area contributed by atoms with E-state index in [1.165, 1.54) is 18.5 Å². The number of rotatable bonds is 9. The molecule has 1 saturated carbocycles. The molecule has 1 aromatic carbocycles. The minimum absolute atomic E-state index is 0.0311. The Hall–Kier alpha value is -2.79. The maximum Gasteiger partial charge on any atom is 0.266 e. The summed E-state index contributed by atoms with van der Waals surface area (Å²) >= 11 is 0. The molecular weight excluding hydrogens is 444 g/mol. The van der Waals surface area contributed by atoms with Crippen LogP contribution in [0.5, 0.6) is 0 Å². The molecule has 0 unspecified atom stereocenters. The average molecular weight is 468 g/mol. The van der Waals surface area contributed by atoms with Crippen molar-refractivity contribution >= 4 is 11.7 Å². The van der Waals surface area contributed by atoms with E-state index in [1.54, 1.807) is 6.92 Å². The van der Waals surface area contributed by atoms with Crippen molar-refractivity contribution in [1.29, 1.82) is 0 Å². The second-order valence-electron chi connectivity index (χ2n) is 8.21. The van der Waals surface area contributed by atoms with Crippen molar-refractivity contribution in [2.75, 3.05) is 25.2 Å². The van der Waals surface area contributed by atoms with Crippen LogP contribution in [0.2, 0.25) is 0 Å². The minimum atomic E-state index is -2.95. The van der Waals surface area contributed by atoms with Gasteiger partial charge in [0.05, 0.1) is 48.0 Å². The zero-order valence-corrected chi connectivity index (χ0v) is 17.9. The molecule has 0 bridgehead atoms. The summed E-state index contributed by atoms with van der Waals surface area (Å²) < 4.78 is 65.2. The standard InChI is InChI=1S/C22H24F4N4O3/c1-12(13-3-2-4-14(18(13)24)19(25)26)29-20-17(21-32-7-8-33-21)15(27-11-28-20)9-16(31)30-22(10-23)5-6-22/h2-4,11-12,19,21H,5-10H2,1H3,(H,30,31)(H,27,28,29)/t12-/m1/s1. The number of alkyl halides is 3. The summed E-state index contributed by atoms with van der Waals surface area (Å²) in [7, 11) is 0. The number of halogens is 4. The predicted octanol–water partition coefficient (Wildman–Crippen LogP) is 3.93. The molecule has 11 heteroatoms. The molecule has 2 fully saturated rings. The number of ether oxygens (including phenoxy) is 2. The van der Waals surface area contributed by atoms with Crippen molar-refractivity contribution in [3.8, 4) is 0 Å². The zero-order chi connectivity index (χ0) is 23.6.